The van der Waals surface area contributed by atoms with Crippen molar-refractivity contribution in [2.24, 2.45) is 0 Å². The molecule has 0 heterocycles. The molecule has 0 saturated carbocycles. The zero-order valence-corrected chi connectivity index (χ0v) is 13.3. The van der Waals surface area contributed by atoms with Crippen molar-refractivity contribution in [2.75, 3.05) is 0 Å². The second kappa shape index (κ2) is 10.9. The Balaban J connectivity index is 2.49. The topological polar surface area (TPSA) is 0 Å². The molecule has 0 aromatic heterocycles. The molecule has 114 valence electrons. The first-order valence-corrected chi connectivity index (χ1v) is 8.53. The highest BCUT2D eigenvalue weighted by molar-refractivity contribution is 5.20. The summed E-state index contributed by atoms with van der Waals surface area (Å²) in [6.45, 7) is 4.49. The molecule has 0 aliphatic carbocycles. The molecule has 1 aromatic rings. The summed E-state index contributed by atoms with van der Waals surface area (Å²) < 4.78 is 13.4. The van der Waals surface area contributed by atoms with Crippen molar-refractivity contribution in [2.45, 2.75) is 84.0 Å². The second-order valence-electron chi connectivity index (χ2n) is 5.95. The number of hydrogen-bond acceptors (Lipinski definition) is 0. The summed E-state index contributed by atoms with van der Waals surface area (Å²) in [6, 6.07) is 7.25. The van der Waals surface area contributed by atoms with Crippen LogP contribution in [0.1, 0.15) is 89.5 Å². The van der Waals surface area contributed by atoms with Gasteiger partial charge in [-0.05, 0) is 36.5 Å². The van der Waals surface area contributed by atoms with Crippen LogP contribution in [0.25, 0.3) is 0 Å². The van der Waals surface area contributed by atoms with Crippen LogP contribution in [0.15, 0.2) is 24.3 Å². The van der Waals surface area contributed by atoms with Gasteiger partial charge in [0.15, 0.2) is 0 Å². The Morgan fingerprint density at radius 2 is 1.45 bits per heavy atom. The van der Waals surface area contributed by atoms with Crippen LogP contribution in [0.2, 0.25) is 0 Å². The first-order valence-electron chi connectivity index (χ1n) is 8.53. The van der Waals surface area contributed by atoms with Crippen molar-refractivity contribution in [3.63, 3.8) is 0 Å². The molecule has 0 unspecified atom stereocenters. The molecule has 1 heteroatoms. The fourth-order valence-electron chi connectivity index (χ4n) is 2.87. The maximum absolute atomic E-state index is 13.4. The van der Waals surface area contributed by atoms with Gasteiger partial charge < -0.3 is 0 Å². The van der Waals surface area contributed by atoms with Gasteiger partial charge in [0, 0.05) is 0 Å². The van der Waals surface area contributed by atoms with Crippen LogP contribution in [0, 0.1) is 5.82 Å². The van der Waals surface area contributed by atoms with Crippen molar-refractivity contribution < 1.29 is 4.39 Å². The minimum Gasteiger partial charge on any atom is -0.207 e. The zero-order chi connectivity index (χ0) is 14.6. The van der Waals surface area contributed by atoms with Crippen LogP contribution >= 0.6 is 0 Å². The zero-order valence-electron chi connectivity index (χ0n) is 13.3. The first-order chi connectivity index (χ1) is 9.77. The van der Waals surface area contributed by atoms with Gasteiger partial charge in [-0.1, -0.05) is 77.3 Å². The molecule has 20 heavy (non-hydrogen) atoms. The van der Waals surface area contributed by atoms with Crippen LogP contribution in [0.5, 0.6) is 0 Å². The lowest BCUT2D eigenvalue weighted by molar-refractivity contribution is 0.494. The Morgan fingerprint density at radius 1 is 0.850 bits per heavy atom. The average molecular weight is 278 g/mol. The molecule has 0 fully saturated rings. The van der Waals surface area contributed by atoms with Gasteiger partial charge in [-0.15, -0.1) is 0 Å². The molecule has 0 atom stereocenters. The lowest BCUT2D eigenvalue weighted by Crippen LogP contribution is -2.00. The highest BCUT2D eigenvalue weighted by atomic mass is 19.1. The van der Waals surface area contributed by atoms with Crippen molar-refractivity contribution in [3.8, 4) is 0 Å². The fraction of sp³-hybridized carbons (Fsp3) is 0.684. The number of benzene rings is 1. The highest BCUT2D eigenvalue weighted by Gasteiger charge is 2.11. The predicted molar refractivity (Wildman–Crippen MR) is 86.7 cm³/mol. The Bertz CT molecular complexity index is 333. The van der Waals surface area contributed by atoms with E-state index in [1.807, 2.05) is 6.07 Å². The van der Waals surface area contributed by atoms with Gasteiger partial charge in [-0.25, -0.2) is 4.39 Å². The molecule has 0 radical (unpaired) electrons. The van der Waals surface area contributed by atoms with Gasteiger partial charge in [0.1, 0.15) is 5.82 Å². The molecule has 0 bridgehead atoms. The summed E-state index contributed by atoms with van der Waals surface area (Å²) in [5.41, 5.74) is 1.21. The Hall–Kier alpha value is -0.850. The van der Waals surface area contributed by atoms with E-state index in [4.69, 9.17) is 0 Å². The number of halogens is 1. The third-order valence-corrected chi connectivity index (χ3v) is 4.13. The van der Waals surface area contributed by atoms with Gasteiger partial charge in [0.2, 0.25) is 0 Å². The Labute approximate surface area is 124 Å². The van der Waals surface area contributed by atoms with E-state index in [0.717, 1.165) is 0 Å². The highest BCUT2D eigenvalue weighted by Crippen LogP contribution is 2.28. The van der Waals surface area contributed by atoms with E-state index in [9.17, 15) is 4.39 Å². The molecule has 0 amide bonds. The molecule has 0 nitrogen and oxygen atoms in total. The summed E-state index contributed by atoms with van der Waals surface area (Å²) in [4.78, 5) is 0. The van der Waals surface area contributed by atoms with E-state index >= 15 is 0 Å². The minimum atomic E-state index is -0.0883. The van der Waals surface area contributed by atoms with Crippen LogP contribution in [-0.4, -0.2) is 0 Å². The summed E-state index contributed by atoms with van der Waals surface area (Å²) >= 11 is 0. The van der Waals surface area contributed by atoms with Gasteiger partial charge >= 0.3 is 0 Å². The van der Waals surface area contributed by atoms with Gasteiger partial charge in [-0.2, -0.15) is 0 Å². The van der Waals surface area contributed by atoms with Crippen LogP contribution < -0.4 is 0 Å². The van der Waals surface area contributed by atoms with Crippen LogP contribution in [0.4, 0.5) is 4.39 Å². The lowest BCUT2D eigenvalue weighted by Gasteiger charge is -2.17. The number of unbranched alkanes of at least 4 members (excludes halogenated alkanes) is 6. The Kier molecular flexibility index (Phi) is 9.36. The van der Waals surface area contributed by atoms with Gasteiger partial charge in [0.05, 0.1) is 0 Å². The van der Waals surface area contributed by atoms with Crippen LogP contribution in [0.3, 0.4) is 0 Å². The monoisotopic (exact) mass is 278 g/mol. The molecule has 0 spiro atoms. The predicted octanol–water partition coefficient (Wildman–Crippen LogP) is 6.85. The number of rotatable bonds is 11. The lowest BCUT2D eigenvalue weighted by atomic mass is 9.88. The van der Waals surface area contributed by atoms with Crippen molar-refractivity contribution in [1.29, 1.82) is 0 Å². The molecule has 1 aromatic carbocycles. The third-order valence-electron chi connectivity index (χ3n) is 4.13. The largest absolute Gasteiger partial charge is 0.207 e. The molecular weight excluding hydrogens is 247 g/mol. The Morgan fingerprint density at radius 3 is 1.95 bits per heavy atom. The van der Waals surface area contributed by atoms with E-state index in [1.54, 1.807) is 12.1 Å². The van der Waals surface area contributed by atoms with E-state index < -0.39 is 0 Å². The van der Waals surface area contributed by atoms with Crippen LogP contribution in [-0.2, 0) is 0 Å². The maximum Gasteiger partial charge on any atom is 0.123 e. The fourth-order valence-corrected chi connectivity index (χ4v) is 2.87. The molecule has 0 saturated heterocycles. The molecule has 1 rings (SSSR count). The number of hydrogen-bond donors (Lipinski definition) is 0. The molecule has 0 aliphatic rings. The van der Waals surface area contributed by atoms with Gasteiger partial charge in [0.25, 0.3) is 0 Å². The van der Waals surface area contributed by atoms with E-state index in [1.165, 1.54) is 69.8 Å². The SMILES string of the molecule is CCCCCCC(CCCCCC)c1cccc(F)c1. The van der Waals surface area contributed by atoms with Crippen molar-refractivity contribution in [3.05, 3.63) is 35.6 Å². The second-order valence-corrected chi connectivity index (χ2v) is 5.95. The quantitative estimate of drug-likeness (QED) is 0.388. The maximum atomic E-state index is 13.4. The standard InChI is InChI=1S/C19H31F/c1-3-5-7-9-12-17(13-10-8-6-4-2)18-14-11-15-19(20)16-18/h11,14-17H,3-10,12-13H2,1-2H3. The van der Waals surface area contributed by atoms with E-state index in [2.05, 4.69) is 19.9 Å². The smallest absolute Gasteiger partial charge is 0.123 e. The summed E-state index contributed by atoms with van der Waals surface area (Å²) in [5, 5.41) is 0. The van der Waals surface area contributed by atoms with Crippen molar-refractivity contribution in [1.82, 2.24) is 0 Å². The van der Waals surface area contributed by atoms with Crippen molar-refractivity contribution >= 4 is 0 Å². The molecular formula is C19H31F. The summed E-state index contributed by atoms with van der Waals surface area (Å²) in [7, 11) is 0. The molecule has 0 aliphatic heterocycles. The van der Waals surface area contributed by atoms with E-state index in [-0.39, 0.29) is 5.82 Å². The van der Waals surface area contributed by atoms with E-state index in [0.29, 0.717) is 5.92 Å². The first kappa shape index (κ1) is 17.2. The normalized spacial score (nSPS) is 11.2. The summed E-state index contributed by atoms with van der Waals surface area (Å²) in [5.74, 6) is 0.467. The third kappa shape index (κ3) is 7.07. The minimum absolute atomic E-state index is 0.0883. The molecule has 0 N–H and O–H groups in total. The average Bonchev–Trinajstić information content (AvgIpc) is 2.45. The summed E-state index contributed by atoms with van der Waals surface area (Å²) in [6.07, 6.45) is 12.8. The van der Waals surface area contributed by atoms with Gasteiger partial charge in [-0.3, -0.25) is 0 Å².